The summed E-state index contributed by atoms with van der Waals surface area (Å²) in [7, 11) is 0. The van der Waals surface area contributed by atoms with Gasteiger partial charge in [-0.25, -0.2) is 0 Å². The molecule has 0 aliphatic carbocycles. The molecule has 0 aromatic heterocycles. The largest absolute Gasteiger partial charge is 0.460 e. The second-order valence-electron chi connectivity index (χ2n) is 3.46. The highest BCUT2D eigenvalue weighted by molar-refractivity contribution is 5.69. The molecular weight excluding hydrogens is 196 g/mol. The highest BCUT2D eigenvalue weighted by atomic mass is 16.6. The molecule has 0 fully saturated rings. The topological polar surface area (TPSA) is 44.8 Å². The molecule has 0 aliphatic rings. The third-order valence-electron chi connectivity index (χ3n) is 1.78. The van der Waals surface area contributed by atoms with Gasteiger partial charge in [-0.2, -0.15) is 0 Å². The summed E-state index contributed by atoms with van der Waals surface area (Å²) in [6.45, 7) is 9.12. The van der Waals surface area contributed by atoms with Gasteiger partial charge < -0.3 is 14.2 Å². The van der Waals surface area contributed by atoms with Crippen LogP contribution in [0.1, 0.15) is 34.1 Å². The van der Waals surface area contributed by atoms with Gasteiger partial charge in [0.05, 0.1) is 19.3 Å². The first kappa shape index (κ1) is 14.4. The van der Waals surface area contributed by atoms with Gasteiger partial charge in [-0.3, -0.25) is 4.79 Å². The molecule has 4 heteroatoms. The van der Waals surface area contributed by atoms with Crippen LogP contribution in [0.3, 0.4) is 0 Å². The zero-order valence-electron chi connectivity index (χ0n) is 10.1. The van der Waals surface area contributed by atoms with Crippen LogP contribution in [0.15, 0.2) is 0 Å². The summed E-state index contributed by atoms with van der Waals surface area (Å²) in [5, 5.41) is 0. The number of rotatable bonds is 8. The van der Waals surface area contributed by atoms with E-state index in [0.29, 0.717) is 26.2 Å². The third kappa shape index (κ3) is 8.39. The number of hydrogen-bond donors (Lipinski definition) is 0. The first-order chi connectivity index (χ1) is 7.10. The molecule has 2 unspecified atom stereocenters. The Kier molecular flexibility index (Phi) is 8.33. The monoisotopic (exact) mass is 218 g/mol. The molecule has 2 atom stereocenters. The van der Waals surface area contributed by atoms with Gasteiger partial charge in [-0.05, 0) is 20.8 Å². The Morgan fingerprint density at radius 3 is 2.27 bits per heavy atom. The third-order valence-corrected chi connectivity index (χ3v) is 1.78. The summed E-state index contributed by atoms with van der Waals surface area (Å²) in [6, 6.07) is 0. The minimum atomic E-state index is -0.191. The van der Waals surface area contributed by atoms with E-state index in [0.717, 1.165) is 0 Å². The summed E-state index contributed by atoms with van der Waals surface area (Å²) in [5.74, 6) is -0.191. The molecule has 90 valence electrons. The summed E-state index contributed by atoms with van der Waals surface area (Å²) in [4.78, 5) is 10.9. The predicted octanol–water partition coefficient (Wildman–Crippen LogP) is 1.77. The number of carbonyl (C=O) groups excluding carboxylic acids is 1. The van der Waals surface area contributed by atoms with Gasteiger partial charge in [0, 0.05) is 13.0 Å². The maximum absolute atomic E-state index is 10.9. The molecule has 0 bridgehead atoms. The van der Waals surface area contributed by atoms with Gasteiger partial charge in [-0.1, -0.05) is 6.92 Å². The van der Waals surface area contributed by atoms with Crippen LogP contribution in [0, 0.1) is 0 Å². The summed E-state index contributed by atoms with van der Waals surface area (Å²) in [5.41, 5.74) is 0. The molecule has 0 heterocycles. The fourth-order valence-corrected chi connectivity index (χ4v) is 1.07. The van der Waals surface area contributed by atoms with Crippen LogP contribution >= 0.6 is 0 Å². The smallest absolute Gasteiger partial charge is 0.305 e. The summed E-state index contributed by atoms with van der Waals surface area (Å²) < 4.78 is 15.7. The van der Waals surface area contributed by atoms with E-state index in [-0.39, 0.29) is 18.2 Å². The standard InChI is InChI=1S/C11H22O4/c1-5-11(12)15-10(4)8-13-7-9(3)14-6-2/h9-10H,5-8H2,1-4H3. The Balaban J connectivity index is 3.45. The number of ether oxygens (including phenoxy) is 3. The average Bonchev–Trinajstić information content (AvgIpc) is 2.18. The van der Waals surface area contributed by atoms with Crippen molar-refractivity contribution < 1.29 is 19.0 Å². The van der Waals surface area contributed by atoms with E-state index < -0.39 is 0 Å². The summed E-state index contributed by atoms with van der Waals surface area (Å²) in [6.07, 6.45) is 0.301. The number of hydrogen-bond acceptors (Lipinski definition) is 4. The van der Waals surface area contributed by atoms with Crippen molar-refractivity contribution in [3.63, 3.8) is 0 Å². The molecule has 0 aromatic rings. The fraction of sp³-hybridized carbons (Fsp3) is 0.909. The molecule has 0 aliphatic heterocycles. The van der Waals surface area contributed by atoms with E-state index in [9.17, 15) is 4.79 Å². The molecule has 0 saturated carbocycles. The van der Waals surface area contributed by atoms with Crippen LogP contribution in [0.2, 0.25) is 0 Å². The van der Waals surface area contributed by atoms with Crippen LogP contribution in [-0.4, -0.2) is 38.0 Å². The Hall–Kier alpha value is -0.610. The molecule has 15 heavy (non-hydrogen) atoms. The van der Waals surface area contributed by atoms with Crippen LogP contribution < -0.4 is 0 Å². The lowest BCUT2D eigenvalue weighted by atomic mass is 10.4. The summed E-state index contributed by atoms with van der Waals surface area (Å²) >= 11 is 0. The Bertz CT molecular complexity index is 170. The van der Waals surface area contributed by atoms with Crippen LogP contribution in [0.4, 0.5) is 0 Å². The van der Waals surface area contributed by atoms with Crippen molar-refractivity contribution in [2.24, 2.45) is 0 Å². The lowest BCUT2D eigenvalue weighted by molar-refractivity contribution is -0.151. The first-order valence-corrected chi connectivity index (χ1v) is 5.48. The van der Waals surface area contributed by atoms with Crippen molar-refractivity contribution in [3.8, 4) is 0 Å². The average molecular weight is 218 g/mol. The highest BCUT2D eigenvalue weighted by Gasteiger charge is 2.08. The molecule has 0 spiro atoms. The molecule has 0 aromatic carbocycles. The zero-order chi connectivity index (χ0) is 11.7. The molecular formula is C11H22O4. The molecule has 0 amide bonds. The first-order valence-electron chi connectivity index (χ1n) is 5.48. The van der Waals surface area contributed by atoms with Crippen molar-refractivity contribution in [1.29, 1.82) is 0 Å². The van der Waals surface area contributed by atoms with Gasteiger partial charge in [-0.15, -0.1) is 0 Å². The molecule has 0 radical (unpaired) electrons. The van der Waals surface area contributed by atoms with E-state index in [1.54, 1.807) is 6.92 Å². The Morgan fingerprint density at radius 1 is 1.13 bits per heavy atom. The second-order valence-corrected chi connectivity index (χ2v) is 3.46. The Morgan fingerprint density at radius 2 is 1.73 bits per heavy atom. The van der Waals surface area contributed by atoms with Gasteiger partial charge in [0.1, 0.15) is 6.10 Å². The lowest BCUT2D eigenvalue weighted by Gasteiger charge is -2.15. The van der Waals surface area contributed by atoms with Gasteiger partial charge in [0.25, 0.3) is 0 Å². The van der Waals surface area contributed by atoms with E-state index in [2.05, 4.69) is 0 Å². The predicted molar refractivity (Wildman–Crippen MR) is 57.8 cm³/mol. The number of esters is 1. The van der Waals surface area contributed by atoms with E-state index in [4.69, 9.17) is 14.2 Å². The zero-order valence-corrected chi connectivity index (χ0v) is 10.1. The molecule has 0 N–H and O–H groups in total. The molecule has 0 saturated heterocycles. The van der Waals surface area contributed by atoms with Gasteiger partial charge >= 0.3 is 5.97 Å². The maximum Gasteiger partial charge on any atom is 0.305 e. The van der Waals surface area contributed by atoms with Crippen molar-refractivity contribution in [2.45, 2.75) is 46.3 Å². The van der Waals surface area contributed by atoms with E-state index >= 15 is 0 Å². The minimum Gasteiger partial charge on any atom is -0.460 e. The molecule has 4 nitrogen and oxygen atoms in total. The van der Waals surface area contributed by atoms with Crippen molar-refractivity contribution in [2.75, 3.05) is 19.8 Å². The maximum atomic E-state index is 10.9. The van der Waals surface area contributed by atoms with E-state index in [1.165, 1.54) is 0 Å². The fourth-order valence-electron chi connectivity index (χ4n) is 1.07. The highest BCUT2D eigenvalue weighted by Crippen LogP contribution is 1.97. The van der Waals surface area contributed by atoms with Gasteiger partial charge in [0.2, 0.25) is 0 Å². The number of carbonyl (C=O) groups is 1. The van der Waals surface area contributed by atoms with Crippen molar-refractivity contribution in [1.82, 2.24) is 0 Å². The van der Waals surface area contributed by atoms with Crippen LogP contribution in [0.5, 0.6) is 0 Å². The van der Waals surface area contributed by atoms with Crippen molar-refractivity contribution in [3.05, 3.63) is 0 Å². The SMILES string of the molecule is CCOC(C)COCC(C)OC(=O)CC. The van der Waals surface area contributed by atoms with Gasteiger partial charge in [0.15, 0.2) is 0 Å². The van der Waals surface area contributed by atoms with E-state index in [1.807, 2.05) is 20.8 Å². The Labute approximate surface area is 91.9 Å². The molecule has 0 rings (SSSR count). The second kappa shape index (κ2) is 8.68. The van der Waals surface area contributed by atoms with Crippen LogP contribution in [0.25, 0.3) is 0 Å². The minimum absolute atomic E-state index is 0.0871. The van der Waals surface area contributed by atoms with Crippen LogP contribution in [-0.2, 0) is 19.0 Å². The van der Waals surface area contributed by atoms with Crippen molar-refractivity contribution >= 4 is 5.97 Å². The normalized spacial score (nSPS) is 14.7. The quantitative estimate of drug-likeness (QED) is 0.582. The lowest BCUT2D eigenvalue weighted by Crippen LogP contribution is -2.23.